The van der Waals surface area contributed by atoms with Crippen LogP contribution in [-0.2, 0) is 23.8 Å². The van der Waals surface area contributed by atoms with Gasteiger partial charge in [-0.25, -0.2) is 0 Å². The zero-order chi connectivity index (χ0) is 29.9. The van der Waals surface area contributed by atoms with Crippen LogP contribution in [-0.4, -0.2) is 93.6 Å². The Morgan fingerprint density at radius 3 is 2.12 bits per heavy atom. The first-order chi connectivity index (χ1) is 20.4. The van der Waals surface area contributed by atoms with Gasteiger partial charge in [-0.05, 0) is 49.2 Å². The van der Waals surface area contributed by atoms with Crippen LogP contribution in [0.4, 0.5) is 11.4 Å². The molecule has 0 spiro atoms. The Balaban J connectivity index is 1.02. The van der Waals surface area contributed by atoms with Gasteiger partial charge in [-0.3, -0.25) is 34.2 Å². The van der Waals surface area contributed by atoms with Crippen LogP contribution in [0, 0.1) is 0 Å². The van der Waals surface area contributed by atoms with E-state index in [1.54, 1.807) is 36.4 Å². The summed E-state index contributed by atoms with van der Waals surface area (Å²) in [7, 11) is 0. The lowest BCUT2D eigenvalue weighted by Gasteiger charge is -2.27. The highest BCUT2D eigenvalue weighted by atomic mass is 35.5. The fourth-order valence-electron chi connectivity index (χ4n) is 4.54. The van der Waals surface area contributed by atoms with Crippen molar-refractivity contribution in [2.24, 2.45) is 0 Å². The molecule has 0 bridgehead atoms. The summed E-state index contributed by atoms with van der Waals surface area (Å²) in [4.78, 5) is 61.0. The predicted molar refractivity (Wildman–Crippen MR) is 154 cm³/mol. The maximum Gasteiger partial charge on any atom is 0.262 e. The van der Waals surface area contributed by atoms with Crippen molar-refractivity contribution in [3.8, 4) is 0 Å². The summed E-state index contributed by atoms with van der Waals surface area (Å²) < 4.78 is 16.7. The lowest BCUT2D eigenvalue weighted by Crippen LogP contribution is -2.54. The van der Waals surface area contributed by atoms with Crippen LogP contribution < -0.4 is 16.0 Å². The number of fused-ring (bicyclic) bond motifs is 1. The predicted octanol–water partition coefficient (Wildman–Crippen LogP) is 2.52. The zero-order valence-electron chi connectivity index (χ0n) is 23.0. The summed E-state index contributed by atoms with van der Waals surface area (Å²) in [6, 6.07) is 9.02. The molecule has 42 heavy (non-hydrogen) atoms. The van der Waals surface area contributed by atoms with Gasteiger partial charge in [0.2, 0.25) is 11.8 Å². The lowest BCUT2D eigenvalue weighted by atomic mass is 10.0. The van der Waals surface area contributed by atoms with Crippen LogP contribution in [0.15, 0.2) is 36.4 Å². The number of carbonyl (C=O) groups is 5. The van der Waals surface area contributed by atoms with Crippen molar-refractivity contribution >= 4 is 52.9 Å². The number of carbonyl (C=O) groups excluding carboxylic acids is 5. The normalized spacial score (nSPS) is 16.4. The maximum absolute atomic E-state index is 12.9. The molecule has 0 aliphatic carbocycles. The molecule has 1 atom stereocenters. The van der Waals surface area contributed by atoms with E-state index in [1.807, 2.05) is 0 Å². The van der Waals surface area contributed by atoms with Gasteiger partial charge in [0.15, 0.2) is 6.29 Å². The largest absolute Gasteiger partial charge is 0.383 e. The number of rotatable bonds is 17. The molecule has 4 amide bonds. The minimum atomic E-state index is -0.987. The summed E-state index contributed by atoms with van der Waals surface area (Å²) in [5.74, 6) is -2.12. The zero-order valence-corrected chi connectivity index (χ0v) is 23.7. The van der Waals surface area contributed by atoms with Gasteiger partial charge in [0.1, 0.15) is 6.04 Å². The van der Waals surface area contributed by atoms with E-state index < -0.39 is 29.7 Å². The second-order valence-electron chi connectivity index (χ2n) is 9.61. The summed E-state index contributed by atoms with van der Waals surface area (Å²) in [5.41, 5.74) is 2.39. The molecule has 1 saturated heterocycles. The van der Waals surface area contributed by atoms with Crippen molar-refractivity contribution in [3.63, 3.8) is 0 Å². The Morgan fingerprint density at radius 2 is 1.45 bits per heavy atom. The molecule has 2 aliphatic heterocycles. The second kappa shape index (κ2) is 15.4. The van der Waals surface area contributed by atoms with Gasteiger partial charge in [0, 0.05) is 49.7 Å². The van der Waals surface area contributed by atoms with E-state index in [9.17, 15) is 24.0 Å². The Hall–Kier alpha value is -3.84. The number of halogens is 1. The standard InChI is InChI=1S/C29H33ClN4O8/c30-24-17-21(3-2-19(24)18-35)32-9-13-42-15-14-41-11-1-10-40-12-8-31-20-4-5-22-23(16-20)29(39)34(28(22)38)25-6-7-26(36)33-27(25)37/h2-5,16-18,25,31-32H,1,6-15H2,(H,33,36,37). The molecule has 0 saturated carbocycles. The molecule has 0 radical (unpaired) electrons. The number of benzene rings is 2. The highest BCUT2D eigenvalue weighted by molar-refractivity contribution is 6.33. The summed E-state index contributed by atoms with van der Waals surface area (Å²) >= 11 is 6.00. The van der Waals surface area contributed by atoms with Crippen molar-refractivity contribution in [1.29, 1.82) is 0 Å². The number of nitrogens with one attached hydrogen (secondary N) is 3. The topological polar surface area (TPSA) is 152 Å². The van der Waals surface area contributed by atoms with Crippen LogP contribution >= 0.6 is 11.6 Å². The van der Waals surface area contributed by atoms with E-state index >= 15 is 0 Å². The molecule has 0 aromatic heterocycles. The molecule has 224 valence electrons. The van der Waals surface area contributed by atoms with Crippen LogP contribution in [0.5, 0.6) is 0 Å². The van der Waals surface area contributed by atoms with Crippen molar-refractivity contribution in [1.82, 2.24) is 10.2 Å². The molecule has 3 N–H and O–H groups in total. The fraction of sp³-hybridized carbons (Fsp3) is 0.414. The van der Waals surface area contributed by atoms with E-state index in [0.29, 0.717) is 75.3 Å². The first-order valence-electron chi connectivity index (χ1n) is 13.7. The molecule has 2 aromatic rings. The van der Waals surface area contributed by atoms with Crippen LogP contribution in [0.3, 0.4) is 0 Å². The number of anilines is 2. The molecule has 12 nitrogen and oxygen atoms in total. The van der Waals surface area contributed by atoms with Gasteiger partial charge in [0.05, 0.1) is 42.6 Å². The van der Waals surface area contributed by atoms with Crippen LogP contribution in [0.25, 0.3) is 0 Å². The lowest BCUT2D eigenvalue weighted by molar-refractivity contribution is -0.136. The first-order valence-corrected chi connectivity index (χ1v) is 14.1. The summed E-state index contributed by atoms with van der Waals surface area (Å²) in [6.45, 7) is 4.04. The molecular weight excluding hydrogens is 568 g/mol. The minimum absolute atomic E-state index is 0.0774. The van der Waals surface area contributed by atoms with Crippen molar-refractivity contribution in [2.75, 3.05) is 63.4 Å². The number of nitrogens with zero attached hydrogens (tertiary/aromatic N) is 1. The monoisotopic (exact) mass is 600 g/mol. The Bertz CT molecular complexity index is 1320. The van der Waals surface area contributed by atoms with Crippen LogP contribution in [0.1, 0.15) is 50.3 Å². The van der Waals surface area contributed by atoms with Gasteiger partial charge < -0.3 is 24.8 Å². The molecular formula is C29H33ClN4O8. The van der Waals surface area contributed by atoms with Gasteiger partial charge in [0.25, 0.3) is 11.8 Å². The van der Waals surface area contributed by atoms with Crippen molar-refractivity contribution in [3.05, 3.63) is 58.1 Å². The van der Waals surface area contributed by atoms with Gasteiger partial charge in [-0.15, -0.1) is 0 Å². The number of hydrogen-bond donors (Lipinski definition) is 3. The van der Waals surface area contributed by atoms with Crippen molar-refractivity contribution < 1.29 is 38.2 Å². The third kappa shape index (κ3) is 8.13. The number of amides is 4. The van der Waals surface area contributed by atoms with Gasteiger partial charge >= 0.3 is 0 Å². The Kier molecular flexibility index (Phi) is 11.4. The fourth-order valence-corrected chi connectivity index (χ4v) is 4.76. The van der Waals surface area contributed by atoms with E-state index in [4.69, 9.17) is 25.8 Å². The minimum Gasteiger partial charge on any atom is -0.383 e. The SMILES string of the molecule is O=Cc1ccc(NCCOCCOCCCOCCNc2ccc3c(c2)C(=O)N(C2CCC(=O)NC2=O)C3=O)cc1Cl. The van der Waals surface area contributed by atoms with Gasteiger partial charge in [-0.1, -0.05) is 11.6 Å². The quantitative estimate of drug-likeness (QED) is 0.140. The number of ether oxygens (including phenoxy) is 3. The molecule has 13 heteroatoms. The molecule has 2 aliphatic rings. The number of aldehydes is 1. The van der Waals surface area contributed by atoms with Crippen molar-refractivity contribution in [2.45, 2.75) is 25.3 Å². The van der Waals surface area contributed by atoms with E-state index in [-0.39, 0.29) is 24.0 Å². The molecule has 1 unspecified atom stereocenters. The Labute approximate surface area is 248 Å². The summed E-state index contributed by atoms with van der Waals surface area (Å²) in [6.07, 6.45) is 1.64. The average molecular weight is 601 g/mol. The molecule has 2 aromatic carbocycles. The molecule has 4 rings (SSSR count). The molecule has 2 heterocycles. The highest BCUT2D eigenvalue weighted by Crippen LogP contribution is 2.29. The highest BCUT2D eigenvalue weighted by Gasteiger charge is 2.44. The summed E-state index contributed by atoms with van der Waals surface area (Å²) in [5, 5.41) is 8.93. The smallest absolute Gasteiger partial charge is 0.262 e. The number of imide groups is 2. The van der Waals surface area contributed by atoms with Gasteiger partial charge in [-0.2, -0.15) is 0 Å². The maximum atomic E-state index is 12.9. The van der Waals surface area contributed by atoms with E-state index in [0.717, 1.165) is 17.0 Å². The third-order valence-corrected chi connectivity index (χ3v) is 6.99. The van der Waals surface area contributed by atoms with Crippen LogP contribution in [0.2, 0.25) is 5.02 Å². The average Bonchev–Trinajstić information content (AvgIpc) is 3.22. The van der Waals surface area contributed by atoms with E-state index in [1.165, 1.54) is 0 Å². The third-order valence-electron chi connectivity index (χ3n) is 6.67. The molecule has 1 fully saturated rings. The Morgan fingerprint density at radius 1 is 0.833 bits per heavy atom. The number of hydrogen-bond acceptors (Lipinski definition) is 10. The first kappa shape index (κ1) is 31.1. The van der Waals surface area contributed by atoms with E-state index in [2.05, 4.69) is 16.0 Å². The number of piperidine rings is 1. The second-order valence-corrected chi connectivity index (χ2v) is 10.0.